The molecule has 3 N–H and O–H groups in total. The molecule has 1 fully saturated rings. The standard InChI is InChI=1S/C20H31FN7O6P/c1-10(2)32-17(29)11(3)24-9-31-7-12-14(34-35-30)20(4,21)18(33-12)28-8-23-13-15(27(5)6)25-19(22)26-16(13)28/h8,10-12,14,18,24H,7,9H2,1-6H3,(H2,22,25,26)/t11-,12+,14+,18+,20+/m0/s1. The summed E-state index contributed by atoms with van der Waals surface area (Å²) < 4.78 is 50.5. The lowest BCUT2D eigenvalue weighted by molar-refractivity contribution is -0.150. The Balaban J connectivity index is 1.76. The Morgan fingerprint density at radius 3 is 2.74 bits per heavy atom. The van der Waals surface area contributed by atoms with E-state index in [1.165, 1.54) is 17.8 Å². The molecule has 0 unspecified atom stereocenters. The fraction of sp³-hybridized carbons (Fsp3) is 0.700. The summed E-state index contributed by atoms with van der Waals surface area (Å²) in [6, 6.07) is -0.610. The summed E-state index contributed by atoms with van der Waals surface area (Å²) in [5, 5.41) is 2.86. The predicted molar refractivity (Wildman–Crippen MR) is 125 cm³/mol. The van der Waals surface area contributed by atoms with Crippen molar-refractivity contribution in [1.82, 2.24) is 24.8 Å². The van der Waals surface area contributed by atoms with Gasteiger partial charge in [0, 0.05) is 14.1 Å². The van der Waals surface area contributed by atoms with Crippen molar-refractivity contribution in [2.24, 2.45) is 0 Å². The molecule has 13 nitrogen and oxygen atoms in total. The molecule has 0 bridgehead atoms. The minimum Gasteiger partial charge on any atom is -0.462 e. The molecule has 2 aromatic heterocycles. The zero-order chi connectivity index (χ0) is 25.9. The molecule has 0 aromatic carbocycles. The van der Waals surface area contributed by atoms with E-state index in [4.69, 9.17) is 24.5 Å². The van der Waals surface area contributed by atoms with Crippen LogP contribution in [0.15, 0.2) is 6.33 Å². The molecule has 15 heteroatoms. The molecule has 194 valence electrons. The summed E-state index contributed by atoms with van der Waals surface area (Å²) >= 11 is 0. The number of carbonyl (C=O) groups excluding carboxylic acids is 1. The zero-order valence-corrected chi connectivity index (χ0v) is 21.4. The molecule has 35 heavy (non-hydrogen) atoms. The number of carbonyl (C=O) groups is 1. The van der Waals surface area contributed by atoms with Crippen LogP contribution in [-0.4, -0.2) is 82.9 Å². The van der Waals surface area contributed by atoms with Crippen molar-refractivity contribution in [2.75, 3.05) is 38.1 Å². The highest BCUT2D eigenvalue weighted by Gasteiger charge is 2.57. The molecule has 3 rings (SSSR count). The van der Waals surface area contributed by atoms with E-state index in [2.05, 4.69) is 20.3 Å². The number of rotatable bonds is 11. The second-order valence-corrected chi connectivity index (χ2v) is 9.19. The van der Waals surface area contributed by atoms with Gasteiger partial charge in [-0.1, -0.05) is 0 Å². The lowest BCUT2D eigenvalue weighted by atomic mass is 9.98. The maximum Gasteiger partial charge on any atom is 0.327 e. The average molecular weight is 515 g/mol. The number of halogens is 1. The Morgan fingerprint density at radius 2 is 2.11 bits per heavy atom. The number of nitrogens with two attached hydrogens (primary N) is 1. The van der Waals surface area contributed by atoms with Crippen LogP contribution in [0.4, 0.5) is 16.2 Å². The van der Waals surface area contributed by atoms with E-state index in [1.807, 2.05) is 0 Å². The van der Waals surface area contributed by atoms with Crippen molar-refractivity contribution in [3.63, 3.8) is 0 Å². The van der Waals surface area contributed by atoms with Gasteiger partial charge in [-0.25, -0.2) is 13.9 Å². The van der Waals surface area contributed by atoms with Gasteiger partial charge in [0.25, 0.3) is 0 Å². The molecular formula is C20H31FN7O6P. The number of ether oxygens (including phenoxy) is 3. The first-order valence-corrected chi connectivity index (χ1v) is 11.7. The number of hydrogen-bond donors (Lipinski definition) is 2. The van der Waals surface area contributed by atoms with Crippen LogP contribution in [0, 0.1) is 0 Å². The fourth-order valence-electron chi connectivity index (χ4n) is 3.73. The predicted octanol–water partition coefficient (Wildman–Crippen LogP) is 1.60. The SMILES string of the molecule is CC(C)OC(=O)[C@H](C)NCOC[C@H]1O[C@@H](n2cnc3c(N(C)C)nc(N)nc32)[C@](C)(F)[C@@H]1OP=O. The van der Waals surface area contributed by atoms with Gasteiger partial charge in [0.2, 0.25) is 5.95 Å². The van der Waals surface area contributed by atoms with E-state index in [9.17, 15) is 9.36 Å². The number of aromatic nitrogens is 4. The summed E-state index contributed by atoms with van der Waals surface area (Å²) in [6.45, 7) is 6.28. The van der Waals surface area contributed by atoms with Gasteiger partial charge in [0.05, 0.1) is 25.8 Å². The summed E-state index contributed by atoms with van der Waals surface area (Å²) in [6.07, 6.45) is -2.25. The largest absolute Gasteiger partial charge is 0.462 e. The highest BCUT2D eigenvalue weighted by Crippen LogP contribution is 2.45. The van der Waals surface area contributed by atoms with Crippen LogP contribution >= 0.6 is 8.69 Å². The Bertz CT molecular complexity index is 1050. The third-order valence-corrected chi connectivity index (χ3v) is 5.73. The molecule has 3 heterocycles. The van der Waals surface area contributed by atoms with Crippen LogP contribution < -0.4 is 16.0 Å². The van der Waals surface area contributed by atoms with Crippen LogP contribution in [0.25, 0.3) is 11.2 Å². The number of nitrogens with one attached hydrogen (secondary N) is 1. The lowest BCUT2D eigenvalue weighted by Gasteiger charge is -2.26. The summed E-state index contributed by atoms with van der Waals surface area (Å²) in [7, 11) is 2.83. The van der Waals surface area contributed by atoms with Crippen LogP contribution in [0.2, 0.25) is 0 Å². The Labute approximate surface area is 203 Å². The summed E-state index contributed by atoms with van der Waals surface area (Å²) in [5.41, 5.74) is 4.40. The first kappa shape index (κ1) is 27.1. The van der Waals surface area contributed by atoms with E-state index in [1.54, 1.807) is 39.8 Å². The highest BCUT2D eigenvalue weighted by atomic mass is 31.1. The van der Waals surface area contributed by atoms with Gasteiger partial charge < -0.3 is 24.8 Å². The molecule has 0 aliphatic carbocycles. The number of anilines is 2. The molecule has 0 radical (unpaired) electrons. The normalized spacial score (nSPS) is 25.4. The van der Waals surface area contributed by atoms with Gasteiger partial charge in [-0.05, 0) is 27.7 Å². The molecule has 2 aromatic rings. The van der Waals surface area contributed by atoms with Gasteiger partial charge in [0.15, 0.2) is 28.9 Å². The van der Waals surface area contributed by atoms with Crippen molar-refractivity contribution < 1.29 is 32.5 Å². The van der Waals surface area contributed by atoms with Crippen LogP contribution in [0.3, 0.4) is 0 Å². The van der Waals surface area contributed by atoms with Gasteiger partial charge in [-0.3, -0.25) is 19.2 Å². The Hall–Kier alpha value is -2.51. The number of esters is 1. The third kappa shape index (κ3) is 5.84. The summed E-state index contributed by atoms with van der Waals surface area (Å²) in [4.78, 5) is 26.3. The van der Waals surface area contributed by atoms with Gasteiger partial charge >= 0.3 is 14.7 Å². The monoisotopic (exact) mass is 515 g/mol. The smallest absolute Gasteiger partial charge is 0.327 e. The fourth-order valence-corrected chi connectivity index (χ4v) is 4.17. The van der Waals surface area contributed by atoms with Crippen LogP contribution in [0.5, 0.6) is 0 Å². The molecule has 5 atom stereocenters. The lowest BCUT2D eigenvalue weighted by Crippen LogP contribution is -2.42. The number of nitrogen functional groups attached to an aromatic ring is 1. The van der Waals surface area contributed by atoms with Gasteiger partial charge in [0.1, 0.15) is 18.2 Å². The highest BCUT2D eigenvalue weighted by molar-refractivity contribution is 7.17. The van der Waals surface area contributed by atoms with E-state index in [0.29, 0.717) is 11.3 Å². The molecule has 1 saturated heterocycles. The topological polar surface area (TPSA) is 156 Å². The van der Waals surface area contributed by atoms with E-state index in [0.717, 1.165) is 0 Å². The first-order chi connectivity index (χ1) is 16.5. The molecule has 1 aliphatic rings. The van der Waals surface area contributed by atoms with Crippen LogP contribution in [-0.2, 0) is 28.1 Å². The zero-order valence-electron chi connectivity index (χ0n) is 20.5. The second-order valence-electron chi connectivity index (χ2n) is 8.83. The van der Waals surface area contributed by atoms with E-state index >= 15 is 4.39 Å². The van der Waals surface area contributed by atoms with Crippen molar-refractivity contribution in [3.05, 3.63) is 6.33 Å². The quantitative estimate of drug-likeness (QED) is 0.193. The summed E-state index contributed by atoms with van der Waals surface area (Å²) in [5.74, 6) is 0.0315. The number of fused-ring (bicyclic) bond motifs is 1. The van der Waals surface area contributed by atoms with Crippen molar-refractivity contribution >= 4 is 37.6 Å². The van der Waals surface area contributed by atoms with Crippen molar-refractivity contribution in [2.45, 2.75) is 63.9 Å². The average Bonchev–Trinajstić information content (AvgIpc) is 3.28. The van der Waals surface area contributed by atoms with Crippen LogP contribution in [0.1, 0.15) is 33.9 Å². The molecule has 0 spiro atoms. The van der Waals surface area contributed by atoms with Gasteiger partial charge in [-0.2, -0.15) is 9.97 Å². The minimum absolute atomic E-state index is 0.0107. The van der Waals surface area contributed by atoms with Gasteiger partial charge in [-0.15, -0.1) is 0 Å². The molecule has 0 amide bonds. The van der Waals surface area contributed by atoms with E-state index in [-0.39, 0.29) is 31.0 Å². The first-order valence-electron chi connectivity index (χ1n) is 11.0. The third-order valence-electron chi connectivity index (χ3n) is 5.41. The molecule has 1 aliphatic heterocycles. The number of imidazole rings is 1. The number of alkyl halides is 1. The maximum absolute atomic E-state index is 16.0. The van der Waals surface area contributed by atoms with Crippen molar-refractivity contribution in [3.8, 4) is 0 Å². The maximum atomic E-state index is 16.0. The number of nitrogens with zero attached hydrogens (tertiary/aromatic N) is 5. The van der Waals surface area contributed by atoms with E-state index < -0.39 is 44.8 Å². The number of hydrogen-bond acceptors (Lipinski definition) is 12. The molecule has 0 saturated carbocycles. The minimum atomic E-state index is -2.14. The second kappa shape index (κ2) is 11.0. The van der Waals surface area contributed by atoms with Crippen molar-refractivity contribution in [1.29, 1.82) is 0 Å². The Kier molecular flexibility index (Phi) is 8.54. The Morgan fingerprint density at radius 1 is 1.40 bits per heavy atom. The molecular weight excluding hydrogens is 484 g/mol.